The first-order chi connectivity index (χ1) is 11.1. The molecule has 2 saturated carbocycles. The molecule has 2 fully saturated rings. The lowest BCUT2D eigenvalue weighted by Gasteiger charge is -2.30. The standard InChI is InChI=1S/C19H27FN2O.ClH/c20-16-8-6-15(7-9-16)19(10-1-2-11-19)13-22-18(23)12-14-4-3-5-17(14)21;/h6-9,14,17H,1-5,10-13,21H2,(H,22,23);1H/t14-,17+;/m0./s1. The van der Waals surface area contributed by atoms with E-state index in [1.54, 1.807) is 0 Å². The maximum Gasteiger partial charge on any atom is 0.220 e. The van der Waals surface area contributed by atoms with Crippen molar-refractivity contribution in [2.45, 2.75) is 62.8 Å². The molecule has 0 saturated heterocycles. The Hall–Kier alpha value is -1.13. The average molecular weight is 355 g/mol. The van der Waals surface area contributed by atoms with Gasteiger partial charge in [-0.15, -0.1) is 12.4 Å². The van der Waals surface area contributed by atoms with Gasteiger partial charge in [0.25, 0.3) is 0 Å². The van der Waals surface area contributed by atoms with Crippen molar-refractivity contribution in [3.63, 3.8) is 0 Å². The summed E-state index contributed by atoms with van der Waals surface area (Å²) in [6.07, 6.45) is 8.24. The molecule has 1 aromatic rings. The van der Waals surface area contributed by atoms with E-state index in [-0.39, 0.29) is 35.6 Å². The third-order valence-corrected chi connectivity index (χ3v) is 5.81. The predicted octanol–water partition coefficient (Wildman–Crippen LogP) is 3.69. The zero-order valence-electron chi connectivity index (χ0n) is 14.1. The zero-order valence-corrected chi connectivity index (χ0v) is 14.9. The van der Waals surface area contributed by atoms with Crippen LogP contribution in [0.15, 0.2) is 24.3 Å². The third kappa shape index (κ3) is 4.28. The molecule has 2 aliphatic rings. The average Bonchev–Trinajstić information content (AvgIpc) is 3.17. The molecule has 0 bridgehead atoms. The molecule has 3 N–H and O–H groups in total. The molecule has 0 radical (unpaired) electrons. The number of amides is 1. The fourth-order valence-electron chi connectivity index (χ4n) is 4.32. The van der Waals surface area contributed by atoms with Crippen LogP contribution >= 0.6 is 12.4 Å². The Morgan fingerprint density at radius 3 is 2.42 bits per heavy atom. The number of carbonyl (C=O) groups is 1. The molecule has 5 heteroatoms. The Balaban J connectivity index is 0.00000208. The number of benzene rings is 1. The highest BCUT2D eigenvalue weighted by atomic mass is 35.5. The van der Waals surface area contributed by atoms with Crippen LogP contribution in [-0.4, -0.2) is 18.5 Å². The second-order valence-corrected chi connectivity index (χ2v) is 7.33. The summed E-state index contributed by atoms with van der Waals surface area (Å²) in [6, 6.07) is 6.97. The summed E-state index contributed by atoms with van der Waals surface area (Å²) < 4.78 is 13.2. The highest BCUT2D eigenvalue weighted by Crippen LogP contribution is 2.40. The van der Waals surface area contributed by atoms with Crippen LogP contribution in [0, 0.1) is 11.7 Å². The fourth-order valence-corrected chi connectivity index (χ4v) is 4.32. The highest BCUT2D eigenvalue weighted by molar-refractivity contribution is 5.85. The molecule has 0 spiro atoms. The Morgan fingerprint density at radius 1 is 1.17 bits per heavy atom. The van der Waals surface area contributed by atoms with Gasteiger partial charge in [-0.25, -0.2) is 4.39 Å². The van der Waals surface area contributed by atoms with Crippen molar-refractivity contribution in [1.29, 1.82) is 0 Å². The van der Waals surface area contributed by atoms with E-state index >= 15 is 0 Å². The van der Waals surface area contributed by atoms with Gasteiger partial charge in [0.05, 0.1) is 0 Å². The number of halogens is 2. The van der Waals surface area contributed by atoms with Gasteiger partial charge in [-0.05, 0) is 49.3 Å². The number of nitrogens with one attached hydrogen (secondary N) is 1. The SMILES string of the molecule is Cl.N[C@@H]1CCC[C@H]1CC(=O)NCC1(c2ccc(F)cc2)CCCC1. The predicted molar refractivity (Wildman–Crippen MR) is 96.7 cm³/mol. The van der Waals surface area contributed by atoms with Crippen LogP contribution in [0.4, 0.5) is 4.39 Å². The number of hydrogen-bond acceptors (Lipinski definition) is 2. The number of carbonyl (C=O) groups excluding carboxylic acids is 1. The number of nitrogens with two attached hydrogens (primary N) is 1. The molecule has 3 nitrogen and oxygen atoms in total. The topological polar surface area (TPSA) is 55.1 Å². The Bertz CT molecular complexity index is 543. The summed E-state index contributed by atoms with van der Waals surface area (Å²) in [7, 11) is 0. The largest absolute Gasteiger partial charge is 0.355 e. The van der Waals surface area contributed by atoms with E-state index in [1.165, 1.54) is 25.0 Å². The van der Waals surface area contributed by atoms with Crippen LogP contribution in [0.25, 0.3) is 0 Å². The molecule has 0 aliphatic heterocycles. The Labute approximate surface area is 150 Å². The molecule has 2 aliphatic carbocycles. The molecule has 1 amide bonds. The molecule has 2 atom stereocenters. The molecule has 0 aromatic heterocycles. The van der Waals surface area contributed by atoms with E-state index in [9.17, 15) is 9.18 Å². The second kappa shape index (κ2) is 8.30. The normalized spacial score (nSPS) is 25.2. The molecular weight excluding hydrogens is 327 g/mol. The van der Waals surface area contributed by atoms with Gasteiger partial charge >= 0.3 is 0 Å². The summed E-state index contributed by atoms with van der Waals surface area (Å²) in [6.45, 7) is 0.652. The molecule has 134 valence electrons. The molecule has 24 heavy (non-hydrogen) atoms. The Morgan fingerprint density at radius 2 is 1.83 bits per heavy atom. The van der Waals surface area contributed by atoms with Gasteiger partial charge in [0.1, 0.15) is 5.82 Å². The van der Waals surface area contributed by atoms with Crippen molar-refractivity contribution in [1.82, 2.24) is 5.32 Å². The van der Waals surface area contributed by atoms with E-state index in [4.69, 9.17) is 5.73 Å². The first-order valence-electron chi connectivity index (χ1n) is 8.87. The Kier molecular flexibility index (Phi) is 6.64. The van der Waals surface area contributed by atoms with Gasteiger partial charge in [0, 0.05) is 24.4 Å². The summed E-state index contributed by atoms with van der Waals surface area (Å²) >= 11 is 0. The first kappa shape index (κ1) is 19.2. The van der Waals surface area contributed by atoms with Crippen molar-refractivity contribution >= 4 is 18.3 Å². The van der Waals surface area contributed by atoms with Gasteiger partial charge in [-0.3, -0.25) is 4.79 Å². The molecule has 1 aromatic carbocycles. The minimum atomic E-state index is -0.207. The van der Waals surface area contributed by atoms with Crippen molar-refractivity contribution in [2.75, 3.05) is 6.54 Å². The van der Waals surface area contributed by atoms with Gasteiger partial charge < -0.3 is 11.1 Å². The summed E-state index contributed by atoms with van der Waals surface area (Å²) in [5.74, 6) is 0.238. The third-order valence-electron chi connectivity index (χ3n) is 5.81. The lowest BCUT2D eigenvalue weighted by Crippen LogP contribution is -2.40. The van der Waals surface area contributed by atoms with E-state index in [1.807, 2.05) is 12.1 Å². The molecule has 0 unspecified atom stereocenters. The second-order valence-electron chi connectivity index (χ2n) is 7.33. The van der Waals surface area contributed by atoms with E-state index in [0.29, 0.717) is 18.9 Å². The van der Waals surface area contributed by atoms with Gasteiger partial charge in [0.2, 0.25) is 5.91 Å². The number of rotatable bonds is 5. The lowest BCUT2D eigenvalue weighted by molar-refractivity contribution is -0.122. The zero-order chi connectivity index (χ0) is 16.3. The van der Waals surface area contributed by atoms with E-state index < -0.39 is 0 Å². The lowest BCUT2D eigenvalue weighted by atomic mass is 9.78. The smallest absolute Gasteiger partial charge is 0.220 e. The van der Waals surface area contributed by atoms with Crippen LogP contribution < -0.4 is 11.1 Å². The first-order valence-corrected chi connectivity index (χ1v) is 8.87. The summed E-state index contributed by atoms with van der Waals surface area (Å²) in [5, 5.41) is 3.14. The maximum atomic E-state index is 13.2. The van der Waals surface area contributed by atoms with Gasteiger partial charge in [0.15, 0.2) is 0 Å². The maximum absolute atomic E-state index is 13.2. The minimum Gasteiger partial charge on any atom is -0.355 e. The van der Waals surface area contributed by atoms with Crippen molar-refractivity contribution < 1.29 is 9.18 Å². The van der Waals surface area contributed by atoms with Crippen molar-refractivity contribution in [3.8, 4) is 0 Å². The van der Waals surface area contributed by atoms with Crippen LogP contribution in [0.3, 0.4) is 0 Å². The van der Waals surface area contributed by atoms with Crippen molar-refractivity contribution in [3.05, 3.63) is 35.6 Å². The fraction of sp³-hybridized carbons (Fsp3) is 0.632. The van der Waals surface area contributed by atoms with Crippen LogP contribution in [0.5, 0.6) is 0 Å². The van der Waals surface area contributed by atoms with Crippen LogP contribution in [-0.2, 0) is 10.2 Å². The molecule has 3 rings (SSSR count). The van der Waals surface area contributed by atoms with Crippen LogP contribution in [0.1, 0.15) is 56.9 Å². The van der Waals surface area contributed by atoms with Gasteiger partial charge in [-0.1, -0.05) is 31.4 Å². The van der Waals surface area contributed by atoms with E-state index in [0.717, 1.165) is 37.7 Å². The summed E-state index contributed by atoms with van der Waals surface area (Å²) in [5.41, 5.74) is 7.18. The highest BCUT2D eigenvalue weighted by Gasteiger charge is 2.36. The van der Waals surface area contributed by atoms with Crippen molar-refractivity contribution in [2.24, 2.45) is 11.7 Å². The van der Waals surface area contributed by atoms with E-state index in [2.05, 4.69) is 5.32 Å². The van der Waals surface area contributed by atoms with Gasteiger partial charge in [-0.2, -0.15) is 0 Å². The monoisotopic (exact) mass is 354 g/mol. The quantitative estimate of drug-likeness (QED) is 0.847. The minimum absolute atomic E-state index is 0. The summed E-state index contributed by atoms with van der Waals surface area (Å²) in [4.78, 5) is 12.3. The van der Waals surface area contributed by atoms with Crippen LogP contribution in [0.2, 0.25) is 0 Å². The molecular formula is C19H28ClFN2O. The molecule has 0 heterocycles. The number of hydrogen-bond donors (Lipinski definition) is 2.